The van der Waals surface area contributed by atoms with Crippen molar-refractivity contribution >= 4 is 23.2 Å². The molecule has 5 rings (SSSR count). The van der Waals surface area contributed by atoms with Gasteiger partial charge in [0.2, 0.25) is 5.91 Å². The number of carbonyl (C=O) groups excluding carboxylic acids is 3. The lowest BCUT2D eigenvalue weighted by Gasteiger charge is -2.32. The molecule has 1 atom stereocenters. The summed E-state index contributed by atoms with van der Waals surface area (Å²) in [5.41, 5.74) is 7.62. The van der Waals surface area contributed by atoms with Crippen molar-refractivity contribution in [2.24, 2.45) is 5.73 Å². The topological polar surface area (TPSA) is 142 Å². The van der Waals surface area contributed by atoms with Gasteiger partial charge in [-0.15, -0.1) is 0 Å². The maximum atomic E-state index is 13.3. The van der Waals surface area contributed by atoms with Gasteiger partial charge < -0.3 is 26.6 Å². The van der Waals surface area contributed by atoms with E-state index in [4.69, 9.17) is 5.73 Å². The maximum absolute atomic E-state index is 13.3. The molecular weight excluding hydrogens is 470 g/mol. The second-order valence-electron chi connectivity index (χ2n) is 9.74. The average Bonchev–Trinajstić information content (AvgIpc) is 2.89. The normalized spacial score (nSPS) is 19.5. The molecule has 37 heavy (non-hydrogen) atoms. The summed E-state index contributed by atoms with van der Waals surface area (Å²) in [7, 11) is 0. The molecule has 0 heterocycles. The molecule has 8 nitrogen and oxygen atoms in total. The van der Waals surface area contributed by atoms with E-state index < -0.39 is 17.6 Å². The van der Waals surface area contributed by atoms with E-state index in [2.05, 4.69) is 10.6 Å². The van der Waals surface area contributed by atoms with Crippen LogP contribution in [0.4, 0.5) is 5.69 Å². The number of fused-ring (bicyclic) bond motifs is 2. The van der Waals surface area contributed by atoms with Gasteiger partial charge in [-0.2, -0.15) is 0 Å². The van der Waals surface area contributed by atoms with Crippen molar-refractivity contribution in [1.82, 2.24) is 5.32 Å². The highest BCUT2D eigenvalue weighted by molar-refractivity contribution is 6.31. The van der Waals surface area contributed by atoms with E-state index in [9.17, 15) is 24.6 Å². The van der Waals surface area contributed by atoms with E-state index in [1.54, 1.807) is 6.07 Å². The summed E-state index contributed by atoms with van der Waals surface area (Å²) in [6.07, 6.45) is 3.41. The fourth-order valence-corrected chi connectivity index (χ4v) is 5.28. The molecule has 190 valence electrons. The number of benzene rings is 3. The average molecular weight is 500 g/mol. The molecule has 8 heteroatoms. The number of phenolic OH excluding ortho intramolecular Hbond substituents is 2. The van der Waals surface area contributed by atoms with Crippen molar-refractivity contribution in [1.29, 1.82) is 0 Å². The predicted octanol–water partition coefficient (Wildman–Crippen LogP) is 3.28. The maximum Gasteiger partial charge on any atom is 0.237 e. The summed E-state index contributed by atoms with van der Waals surface area (Å²) in [5.74, 6) is -1.71. The first-order valence-corrected chi connectivity index (χ1v) is 12.5. The Morgan fingerprint density at radius 3 is 2.22 bits per heavy atom. The largest absolute Gasteiger partial charge is 0.507 e. The van der Waals surface area contributed by atoms with Crippen LogP contribution in [-0.2, 0) is 11.2 Å². The first-order valence-electron chi connectivity index (χ1n) is 12.5. The highest BCUT2D eigenvalue weighted by atomic mass is 16.3. The Balaban J connectivity index is 1.24. The molecule has 0 spiro atoms. The summed E-state index contributed by atoms with van der Waals surface area (Å²) >= 11 is 0. The number of nitrogens with two attached hydrogens (primary N) is 1. The number of hydrogen-bond donors (Lipinski definition) is 5. The highest BCUT2D eigenvalue weighted by Crippen LogP contribution is 2.40. The van der Waals surface area contributed by atoms with Crippen molar-refractivity contribution in [2.75, 3.05) is 5.32 Å². The standard InChI is InChI=1S/C29H29N3O5/c30-20(15-16-5-2-1-3-6-16)29(37)32-18-11-9-17(10-12-18)31-21-13-14-23(34)26-25(21)28(36)24-19(27(26)35)7-4-8-22(24)33/h1-8,13-14,17-18,20,31,33-34H,9-12,15,30H2,(H,32,37)/t17?,18?,20-/m0/s1. The molecule has 0 saturated heterocycles. The summed E-state index contributed by atoms with van der Waals surface area (Å²) in [6, 6.07) is 16.4. The number of hydrogen-bond acceptors (Lipinski definition) is 7. The molecule has 2 aliphatic carbocycles. The summed E-state index contributed by atoms with van der Waals surface area (Å²) in [6.45, 7) is 0. The number of rotatable bonds is 6. The van der Waals surface area contributed by atoms with E-state index in [0.29, 0.717) is 12.1 Å². The summed E-state index contributed by atoms with van der Waals surface area (Å²) in [5, 5.41) is 27.1. The number of aromatic hydroxyl groups is 2. The third-order valence-corrected chi connectivity index (χ3v) is 7.22. The van der Waals surface area contributed by atoms with Gasteiger partial charge in [0.15, 0.2) is 11.6 Å². The van der Waals surface area contributed by atoms with Gasteiger partial charge in [0, 0.05) is 23.3 Å². The van der Waals surface area contributed by atoms with Crippen LogP contribution in [0.1, 0.15) is 63.1 Å². The molecule has 0 unspecified atom stereocenters. The number of anilines is 1. The molecule has 3 aromatic carbocycles. The Bertz CT molecular complexity index is 1360. The van der Waals surface area contributed by atoms with Gasteiger partial charge in [-0.3, -0.25) is 14.4 Å². The second-order valence-corrected chi connectivity index (χ2v) is 9.74. The van der Waals surface area contributed by atoms with Crippen molar-refractivity contribution < 1.29 is 24.6 Å². The van der Waals surface area contributed by atoms with Crippen molar-refractivity contribution in [3.63, 3.8) is 0 Å². The zero-order valence-corrected chi connectivity index (χ0v) is 20.2. The molecule has 3 aromatic rings. The van der Waals surface area contributed by atoms with Gasteiger partial charge in [0.25, 0.3) is 0 Å². The monoisotopic (exact) mass is 499 g/mol. The molecule has 1 fully saturated rings. The van der Waals surface area contributed by atoms with Crippen LogP contribution >= 0.6 is 0 Å². The molecular formula is C29H29N3O5. The van der Waals surface area contributed by atoms with Gasteiger partial charge in [-0.05, 0) is 55.9 Å². The first kappa shape index (κ1) is 24.5. The fourth-order valence-electron chi connectivity index (χ4n) is 5.28. The van der Waals surface area contributed by atoms with Crippen LogP contribution in [-0.4, -0.2) is 45.8 Å². The lowest BCUT2D eigenvalue weighted by Crippen LogP contribution is -2.48. The van der Waals surface area contributed by atoms with Crippen LogP contribution in [0.3, 0.4) is 0 Å². The van der Waals surface area contributed by atoms with Gasteiger partial charge in [0.1, 0.15) is 11.5 Å². The minimum Gasteiger partial charge on any atom is -0.507 e. The van der Waals surface area contributed by atoms with E-state index in [0.717, 1.165) is 31.2 Å². The Morgan fingerprint density at radius 2 is 1.49 bits per heavy atom. The second kappa shape index (κ2) is 10.1. The molecule has 1 saturated carbocycles. The zero-order valence-electron chi connectivity index (χ0n) is 20.2. The van der Waals surface area contributed by atoms with Crippen LogP contribution in [0, 0.1) is 0 Å². The van der Waals surface area contributed by atoms with Gasteiger partial charge >= 0.3 is 0 Å². The Labute approximate surface area is 214 Å². The third-order valence-electron chi connectivity index (χ3n) is 7.22. The van der Waals surface area contributed by atoms with Crippen LogP contribution in [0.2, 0.25) is 0 Å². The van der Waals surface area contributed by atoms with Crippen LogP contribution < -0.4 is 16.4 Å². The summed E-state index contributed by atoms with van der Waals surface area (Å²) < 4.78 is 0. The number of nitrogens with one attached hydrogen (secondary N) is 2. The fraction of sp³-hybridized carbons (Fsp3) is 0.276. The summed E-state index contributed by atoms with van der Waals surface area (Å²) in [4.78, 5) is 39.0. The lowest BCUT2D eigenvalue weighted by molar-refractivity contribution is -0.123. The Kier molecular flexibility index (Phi) is 6.67. The van der Waals surface area contributed by atoms with Crippen molar-refractivity contribution in [2.45, 2.75) is 50.2 Å². The zero-order chi connectivity index (χ0) is 26.1. The molecule has 2 aliphatic rings. The Hall–Kier alpha value is -4.17. The third kappa shape index (κ3) is 4.80. The highest BCUT2D eigenvalue weighted by Gasteiger charge is 2.36. The smallest absolute Gasteiger partial charge is 0.237 e. The lowest BCUT2D eigenvalue weighted by atomic mass is 9.82. The quantitative estimate of drug-likeness (QED) is 0.256. The van der Waals surface area contributed by atoms with E-state index >= 15 is 0 Å². The molecule has 0 aliphatic heterocycles. The van der Waals surface area contributed by atoms with Crippen molar-refractivity contribution in [3.8, 4) is 11.5 Å². The number of phenols is 2. The van der Waals surface area contributed by atoms with Gasteiger partial charge in [-0.25, -0.2) is 0 Å². The molecule has 0 bridgehead atoms. The SMILES string of the molecule is N[C@@H](Cc1ccccc1)C(=O)NC1CCC(Nc2ccc(O)c3c2C(=O)c2c(O)cccc2C3=O)CC1. The molecule has 0 radical (unpaired) electrons. The number of carbonyl (C=O) groups is 3. The van der Waals surface area contributed by atoms with E-state index in [1.807, 2.05) is 30.3 Å². The van der Waals surface area contributed by atoms with Crippen LogP contribution in [0.15, 0.2) is 60.7 Å². The molecule has 1 amide bonds. The molecule has 0 aromatic heterocycles. The predicted molar refractivity (Wildman–Crippen MR) is 139 cm³/mol. The molecule has 6 N–H and O–H groups in total. The van der Waals surface area contributed by atoms with E-state index in [1.165, 1.54) is 24.3 Å². The van der Waals surface area contributed by atoms with Crippen molar-refractivity contribution in [3.05, 3.63) is 88.5 Å². The van der Waals surface area contributed by atoms with Crippen LogP contribution in [0.25, 0.3) is 0 Å². The number of amides is 1. The number of ketones is 2. The minimum atomic E-state index is -0.621. The van der Waals surface area contributed by atoms with Crippen LogP contribution in [0.5, 0.6) is 11.5 Å². The van der Waals surface area contributed by atoms with Gasteiger partial charge in [0.05, 0.1) is 22.7 Å². The Morgan fingerprint density at radius 1 is 0.811 bits per heavy atom. The first-order chi connectivity index (χ1) is 17.8. The van der Waals surface area contributed by atoms with Gasteiger partial charge in [-0.1, -0.05) is 42.5 Å². The van der Waals surface area contributed by atoms with E-state index in [-0.39, 0.29) is 51.7 Å². The minimum absolute atomic E-state index is 0.00754.